The third-order valence-electron chi connectivity index (χ3n) is 3.47. The Balaban J connectivity index is 2.26. The summed E-state index contributed by atoms with van der Waals surface area (Å²) in [6.07, 6.45) is 1.27. The second-order valence-corrected chi connectivity index (χ2v) is 4.92. The minimum Gasteiger partial charge on any atom is -0.508 e. The smallest absolute Gasteiger partial charge is 0.276 e. The number of nitro groups is 1. The third kappa shape index (κ3) is 2.20. The van der Waals surface area contributed by atoms with Crippen molar-refractivity contribution in [1.29, 1.82) is 0 Å². The van der Waals surface area contributed by atoms with Gasteiger partial charge in [0.1, 0.15) is 17.6 Å². The normalized spacial score (nSPS) is 10.8. The Bertz CT molecular complexity index is 941. The van der Waals surface area contributed by atoms with Gasteiger partial charge in [-0.15, -0.1) is 0 Å². The molecule has 0 bridgehead atoms. The Labute approximate surface area is 124 Å². The van der Waals surface area contributed by atoms with Crippen LogP contribution in [0.3, 0.4) is 0 Å². The fourth-order valence-corrected chi connectivity index (χ4v) is 2.31. The van der Waals surface area contributed by atoms with Crippen LogP contribution in [0, 0.1) is 17.0 Å². The number of aromatic hydroxyl groups is 1. The van der Waals surface area contributed by atoms with Gasteiger partial charge < -0.3 is 9.52 Å². The van der Waals surface area contributed by atoms with Gasteiger partial charge in [0.2, 0.25) is 5.43 Å². The maximum absolute atomic E-state index is 12.6. The van der Waals surface area contributed by atoms with E-state index in [4.69, 9.17) is 4.42 Å². The molecular formula is C16H11NO5. The molecule has 0 amide bonds. The van der Waals surface area contributed by atoms with Crippen LogP contribution >= 0.6 is 0 Å². The average molecular weight is 297 g/mol. The van der Waals surface area contributed by atoms with Crippen LogP contribution in [-0.4, -0.2) is 10.0 Å². The Kier molecular flexibility index (Phi) is 3.14. The van der Waals surface area contributed by atoms with Gasteiger partial charge in [-0.3, -0.25) is 14.9 Å². The van der Waals surface area contributed by atoms with Gasteiger partial charge in [0, 0.05) is 5.56 Å². The van der Waals surface area contributed by atoms with Gasteiger partial charge in [0.25, 0.3) is 5.69 Å². The van der Waals surface area contributed by atoms with Crippen molar-refractivity contribution >= 4 is 16.7 Å². The van der Waals surface area contributed by atoms with Crippen LogP contribution in [0.2, 0.25) is 0 Å². The molecular weight excluding hydrogens is 286 g/mol. The minimum atomic E-state index is -0.511. The first-order chi connectivity index (χ1) is 10.5. The first kappa shape index (κ1) is 13.8. The molecule has 6 nitrogen and oxygen atoms in total. The Morgan fingerprint density at radius 1 is 1.18 bits per heavy atom. The van der Waals surface area contributed by atoms with Crippen LogP contribution in [0.5, 0.6) is 5.75 Å². The summed E-state index contributed by atoms with van der Waals surface area (Å²) in [5.74, 6) is 0.0976. The van der Waals surface area contributed by atoms with Gasteiger partial charge in [0.15, 0.2) is 0 Å². The van der Waals surface area contributed by atoms with E-state index in [1.54, 1.807) is 19.1 Å². The van der Waals surface area contributed by atoms with Gasteiger partial charge in [-0.25, -0.2) is 0 Å². The second kappa shape index (κ2) is 5.00. The highest BCUT2D eigenvalue weighted by Gasteiger charge is 2.16. The van der Waals surface area contributed by atoms with Gasteiger partial charge in [0.05, 0.1) is 21.9 Å². The number of aryl methyl sites for hydroxylation is 1. The molecule has 3 rings (SSSR count). The fraction of sp³-hybridized carbons (Fsp3) is 0.0625. The average Bonchev–Trinajstić information content (AvgIpc) is 2.49. The molecule has 0 fully saturated rings. The van der Waals surface area contributed by atoms with Gasteiger partial charge >= 0.3 is 0 Å². The number of phenolic OH excluding ortho intramolecular Hbond substituents is 1. The molecule has 0 saturated carbocycles. The first-order valence-corrected chi connectivity index (χ1v) is 6.47. The van der Waals surface area contributed by atoms with Crippen molar-refractivity contribution in [2.75, 3.05) is 0 Å². The molecule has 2 aromatic carbocycles. The SMILES string of the molecule is Cc1cc2c(=O)c(-c3ccc(O)cc3)coc2cc1[N+](=O)[O-]. The number of hydrogen-bond donors (Lipinski definition) is 1. The molecule has 0 atom stereocenters. The molecule has 0 unspecified atom stereocenters. The molecule has 0 aliphatic carbocycles. The van der Waals surface area contributed by atoms with Crippen molar-refractivity contribution in [3.8, 4) is 16.9 Å². The summed E-state index contributed by atoms with van der Waals surface area (Å²) < 4.78 is 5.39. The van der Waals surface area contributed by atoms with Crippen LogP contribution in [0.15, 0.2) is 51.9 Å². The van der Waals surface area contributed by atoms with Crippen molar-refractivity contribution in [2.24, 2.45) is 0 Å². The summed E-state index contributed by atoms with van der Waals surface area (Å²) in [7, 11) is 0. The zero-order valence-electron chi connectivity index (χ0n) is 11.6. The van der Waals surface area contributed by atoms with E-state index in [1.165, 1.54) is 30.5 Å². The Morgan fingerprint density at radius 3 is 2.50 bits per heavy atom. The van der Waals surface area contributed by atoms with E-state index >= 15 is 0 Å². The molecule has 1 heterocycles. The molecule has 110 valence electrons. The third-order valence-corrected chi connectivity index (χ3v) is 3.47. The molecule has 6 heteroatoms. The number of phenols is 1. The second-order valence-electron chi connectivity index (χ2n) is 4.92. The van der Waals surface area contributed by atoms with Crippen LogP contribution in [0.4, 0.5) is 5.69 Å². The summed E-state index contributed by atoms with van der Waals surface area (Å²) >= 11 is 0. The largest absolute Gasteiger partial charge is 0.508 e. The monoisotopic (exact) mass is 297 g/mol. The molecule has 1 aromatic heterocycles. The van der Waals surface area contributed by atoms with Crippen LogP contribution < -0.4 is 5.43 Å². The molecule has 0 saturated heterocycles. The predicted octanol–water partition coefficient (Wildman–Crippen LogP) is 3.38. The van der Waals surface area contributed by atoms with E-state index in [1.807, 2.05) is 0 Å². The lowest BCUT2D eigenvalue weighted by Gasteiger charge is -2.04. The van der Waals surface area contributed by atoms with Crippen molar-refractivity contribution < 1.29 is 14.4 Å². The molecule has 0 radical (unpaired) electrons. The number of nitro benzene ring substituents is 1. The van der Waals surface area contributed by atoms with Crippen molar-refractivity contribution in [1.82, 2.24) is 0 Å². The summed E-state index contributed by atoms with van der Waals surface area (Å²) in [6, 6.07) is 8.87. The van der Waals surface area contributed by atoms with Crippen LogP contribution in [0.25, 0.3) is 22.1 Å². The molecule has 0 aliphatic rings. The van der Waals surface area contributed by atoms with Gasteiger partial charge in [-0.1, -0.05) is 12.1 Å². The van der Waals surface area contributed by atoms with Gasteiger partial charge in [-0.05, 0) is 30.7 Å². The highest BCUT2D eigenvalue weighted by Crippen LogP contribution is 2.26. The van der Waals surface area contributed by atoms with E-state index in [-0.39, 0.29) is 27.8 Å². The molecule has 0 spiro atoms. The zero-order chi connectivity index (χ0) is 15.9. The lowest BCUT2D eigenvalue weighted by Crippen LogP contribution is -2.05. The highest BCUT2D eigenvalue weighted by molar-refractivity contribution is 5.84. The lowest BCUT2D eigenvalue weighted by molar-refractivity contribution is -0.385. The Morgan fingerprint density at radius 2 is 1.86 bits per heavy atom. The number of fused-ring (bicyclic) bond motifs is 1. The van der Waals surface area contributed by atoms with Crippen molar-refractivity contribution in [3.05, 3.63) is 68.6 Å². The highest BCUT2D eigenvalue weighted by atomic mass is 16.6. The van der Waals surface area contributed by atoms with E-state index in [0.29, 0.717) is 16.7 Å². The molecule has 22 heavy (non-hydrogen) atoms. The van der Waals surface area contributed by atoms with Crippen molar-refractivity contribution in [2.45, 2.75) is 6.92 Å². The minimum absolute atomic E-state index is 0.0898. The van der Waals surface area contributed by atoms with Crippen molar-refractivity contribution in [3.63, 3.8) is 0 Å². The van der Waals surface area contributed by atoms with E-state index < -0.39 is 4.92 Å². The summed E-state index contributed by atoms with van der Waals surface area (Å²) in [5.41, 5.74) is 1.14. The maximum Gasteiger partial charge on any atom is 0.276 e. The summed E-state index contributed by atoms with van der Waals surface area (Å²) in [5, 5.41) is 20.5. The van der Waals surface area contributed by atoms with Crippen LogP contribution in [-0.2, 0) is 0 Å². The summed E-state index contributed by atoms with van der Waals surface area (Å²) in [4.78, 5) is 23.0. The first-order valence-electron chi connectivity index (χ1n) is 6.47. The van der Waals surface area contributed by atoms with E-state index in [9.17, 15) is 20.0 Å². The molecule has 0 aliphatic heterocycles. The van der Waals surface area contributed by atoms with E-state index in [0.717, 1.165) is 0 Å². The molecule has 1 N–H and O–H groups in total. The van der Waals surface area contributed by atoms with E-state index in [2.05, 4.69) is 0 Å². The Hall–Kier alpha value is -3.15. The predicted molar refractivity (Wildman–Crippen MR) is 81.0 cm³/mol. The van der Waals surface area contributed by atoms with Gasteiger partial charge in [-0.2, -0.15) is 0 Å². The lowest BCUT2D eigenvalue weighted by atomic mass is 10.0. The maximum atomic E-state index is 12.6. The quantitative estimate of drug-likeness (QED) is 0.578. The standard InChI is InChI=1S/C16H11NO5/c1-9-6-12-15(7-14(9)17(20)21)22-8-13(16(12)19)10-2-4-11(18)5-3-10/h2-8,18H,1H3. The number of hydrogen-bond acceptors (Lipinski definition) is 5. The zero-order valence-corrected chi connectivity index (χ0v) is 11.6. The molecule has 3 aromatic rings. The fourth-order valence-electron chi connectivity index (χ4n) is 2.31. The number of benzene rings is 2. The summed E-state index contributed by atoms with van der Waals surface area (Å²) in [6.45, 7) is 1.57. The topological polar surface area (TPSA) is 93.6 Å². The van der Waals surface area contributed by atoms with Crippen LogP contribution in [0.1, 0.15) is 5.56 Å². The number of rotatable bonds is 2. The number of nitrogens with zero attached hydrogens (tertiary/aromatic N) is 1.